The van der Waals surface area contributed by atoms with Crippen LogP contribution >= 0.6 is 0 Å². The fraction of sp³-hybridized carbons (Fsp3) is 0.529. The molecule has 5 nitrogen and oxygen atoms in total. The first-order chi connectivity index (χ1) is 11.7. The Kier molecular flexibility index (Phi) is 6.05. The number of carbonyl (C=O) groups is 2. The fourth-order valence-corrected chi connectivity index (χ4v) is 2.82. The van der Waals surface area contributed by atoms with E-state index in [9.17, 15) is 22.8 Å². The Labute approximate surface area is 143 Å². The van der Waals surface area contributed by atoms with Crippen LogP contribution in [0.2, 0.25) is 0 Å². The molecule has 0 spiro atoms. The highest BCUT2D eigenvalue weighted by Gasteiger charge is 2.31. The van der Waals surface area contributed by atoms with Gasteiger partial charge in [0, 0.05) is 19.0 Å². The van der Waals surface area contributed by atoms with Crippen molar-refractivity contribution < 1.29 is 32.6 Å². The molecule has 138 valence electrons. The first-order valence-electron chi connectivity index (χ1n) is 7.95. The Morgan fingerprint density at radius 3 is 2.52 bits per heavy atom. The summed E-state index contributed by atoms with van der Waals surface area (Å²) < 4.78 is 43.0. The number of aliphatic carboxylic acids is 1. The van der Waals surface area contributed by atoms with E-state index in [0.29, 0.717) is 18.5 Å². The zero-order valence-corrected chi connectivity index (χ0v) is 13.8. The van der Waals surface area contributed by atoms with Crippen molar-refractivity contribution in [2.45, 2.75) is 32.0 Å². The number of halogens is 3. The van der Waals surface area contributed by atoms with E-state index >= 15 is 0 Å². The molecule has 0 aliphatic carbocycles. The summed E-state index contributed by atoms with van der Waals surface area (Å²) in [4.78, 5) is 24.8. The molecule has 0 bridgehead atoms. The molecule has 0 saturated carbocycles. The second-order valence-electron chi connectivity index (χ2n) is 6.17. The van der Waals surface area contributed by atoms with Crippen LogP contribution in [0.15, 0.2) is 24.3 Å². The molecular formula is C17H20F3NO4. The Morgan fingerprint density at radius 2 is 1.96 bits per heavy atom. The molecule has 2 rings (SSSR count). The minimum absolute atomic E-state index is 0.154. The third kappa shape index (κ3) is 5.45. The van der Waals surface area contributed by atoms with Gasteiger partial charge in [0.05, 0.1) is 24.7 Å². The molecule has 1 aliphatic heterocycles. The number of nitrogens with zero attached hydrogens (tertiary/aromatic N) is 1. The number of carboxylic acids is 1. The number of hydrogen-bond donors (Lipinski definition) is 1. The van der Waals surface area contributed by atoms with Crippen molar-refractivity contribution >= 4 is 11.9 Å². The molecular weight excluding hydrogens is 339 g/mol. The van der Waals surface area contributed by atoms with Gasteiger partial charge < -0.3 is 14.7 Å². The van der Waals surface area contributed by atoms with Gasteiger partial charge in [0.25, 0.3) is 0 Å². The van der Waals surface area contributed by atoms with Crippen LogP contribution < -0.4 is 0 Å². The Morgan fingerprint density at radius 1 is 1.32 bits per heavy atom. The van der Waals surface area contributed by atoms with E-state index in [1.807, 2.05) is 0 Å². The minimum Gasteiger partial charge on any atom is -0.481 e. The van der Waals surface area contributed by atoms with Gasteiger partial charge in [0.1, 0.15) is 0 Å². The molecule has 1 N–H and O–H groups in total. The van der Waals surface area contributed by atoms with Crippen molar-refractivity contribution in [3.05, 3.63) is 35.4 Å². The maximum Gasteiger partial charge on any atom is 0.416 e. The van der Waals surface area contributed by atoms with Crippen molar-refractivity contribution in [3.63, 3.8) is 0 Å². The lowest BCUT2D eigenvalue weighted by Crippen LogP contribution is -2.48. The summed E-state index contributed by atoms with van der Waals surface area (Å²) in [5.41, 5.74) is -0.0795. The van der Waals surface area contributed by atoms with Gasteiger partial charge in [0.15, 0.2) is 0 Å². The smallest absolute Gasteiger partial charge is 0.416 e. The molecule has 1 saturated heterocycles. The number of carboxylic acid groups (broad SMARTS) is 1. The monoisotopic (exact) mass is 359 g/mol. The lowest BCUT2D eigenvalue weighted by atomic mass is 9.98. The van der Waals surface area contributed by atoms with Crippen LogP contribution in [0, 0.1) is 5.92 Å². The lowest BCUT2D eigenvalue weighted by molar-refractivity contribution is -0.149. The second-order valence-corrected chi connectivity index (χ2v) is 6.17. The van der Waals surface area contributed by atoms with Crippen LogP contribution in [0.3, 0.4) is 0 Å². The number of morpholine rings is 1. The second kappa shape index (κ2) is 7.86. The van der Waals surface area contributed by atoms with Crippen LogP contribution in [-0.4, -0.2) is 47.7 Å². The molecule has 1 heterocycles. The third-order valence-electron chi connectivity index (χ3n) is 4.10. The average Bonchev–Trinajstić information content (AvgIpc) is 2.53. The summed E-state index contributed by atoms with van der Waals surface area (Å²) in [5.74, 6) is -1.56. The minimum atomic E-state index is -4.38. The molecule has 8 heteroatoms. The summed E-state index contributed by atoms with van der Waals surface area (Å²) in [6.07, 6.45) is -4.77. The zero-order valence-electron chi connectivity index (χ0n) is 13.8. The number of benzene rings is 1. The van der Waals surface area contributed by atoms with E-state index in [1.54, 1.807) is 11.8 Å². The van der Waals surface area contributed by atoms with E-state index < -0.39 is 29.7 Å². The van der Waals surface area contributed by atoms with E-state index in [0.717, 1.165) is 12.1 Å². The quantitative estimate of drug-likeness (QED) is 0.878. The standard InChI is InChI=1S/C17H20F3NO4/c1-11(8-12-2-4-13(5-3-12)17(18,19)20)16(24)21-6-7-25-14(10-21)9-15(22)23/h2-5,11,14H,6-10H2,1H3,(H,22,23)/t11-,14+/m1/s1. The van der Waals surface area contributed by atoms with Gasteiger partial charge in [-0.15, -0.1) is 0 Å². The zero-order chi connectivity index (χ0) is 18.6. The summed E-state index contributed by atoms with van der Waals surface area (Å²) in [6, 6.07) is 4.76. The molecule has 1 aromatic rings. The fourth-order valence-electron chi connectivity index (χ4n) is 2.82. The van der Waals surface area contributed by atoms with Gasteiger partial charge >= 0.3 is 12.1 Å². The number of rotatable bonds is 5. The molecule has 25 heavy (non-hydrogen) atoms. The normalized spacial score (nSPS) is 19.5. The number of ether oxygens (including phenoxy) is 1. The van der Waals surface area contributed by atoms with E-state index in [4.69, 9.17) is 9.84 Å². The highest BCUT2D eigenvalue weighted by molar-refractivity contribution is 5.79. The van der Waals surface area contributed by atoms with Crippen molar-refractivity contribution in [1.82, 2.24) is 4.90 Å². The lowest BCUT2D eigenvalue weighted by Gasteiger charge is -2.34. The van der Waals surface area contributed by atoms with Gasteiger partial charge in [-0.05, 0) is 24.1 Å². The van der Waals surface area contributed by atoms with Crippen LogP contribution in [0.1, 0.15) is 24.5 Å². The summed E-state index contributed by atoms with van der Waals surface area (Å²) >= 11 is 0. The van der Waals surface area contributed by atoms with Crippen LogP contribution in [-0.2, 0) is 26.9 Å². The Bertz CT molecular complexity index is 615. The molecule has 1 amide bonds. The summed E-state index contributed by atoms with van der Waals surface area (Å²) in [5, 5.41) is 8.81. The maximum atomic E-state index is 12.6. The van der Waals surface area contributed by atoms with Gasteiger partial charge in [-0.25, -0.2) is 0 Å². The average molecular weight is 359 g/mol. The predicted octanol–water partition coefficient (Wildman–Crippen LogP) is 2.59. The van der Waals surface area contributed by atoms with Crippen LogP contribution in [0.5, 0.6) is 0 Å². The van der Waals surface area contributed by atoms with Crippen molar-refractivity contribution in [3.8, 4) is 0 Å². The first kappa shape index (κ1) is 19.2. The third-order valence-corrected chi connectivity index (χ3v) is 4.10. The molecule has 2 atom stereocenters. The number of alkyl halides is 3. The first-order valence-corrected chi connectivity index (χ1v) is 7.95. The van der Waals surface area contributed by atoms with Gasteiger partial charge in [-0.1, -0.05) is 19.1 Å². The van der Waals surface area contributed by atoms with Gasteiger partial charge in [0.2, 0.25) is 5.91 Å². The van der Waals surface area contributed by atoms with Crippen LogP contribution in [0.4, 0.5) is 13.2 Å². The van der Waals surface area contributed by atoms with E-state index in [-0.39, 0.29) is 25.5 Å². The largest absolute Gasteiger partial charge is 0.481 e. The van der Waals surface area contributed by atoms with Gasteiger partial charge in [-0.3, -0.25) is 9.59 Å². The Hall–Kier alpha value is -2.09. The molecule has 1 aromatic carbocycles. The highest BCUT2D eigenvalue weighted by atomic mass is 19.4. The van der Waals surface area contributed by atoms with E-state index in [2.05, 4.69) is 0 Å². The molecule has 0 radical (unpaired) electrons. The number of amides is 1. The maximum absolute atomic E-state index is 12.6. The summed E-state index contributed by atoms with van der Waals surface area (Å²) in [6.45, 7) is 2.58. The van der Waals surface area contributed by atoms with Crippen molar-refractivity contribution in [1.29, 1.82) is 0 Å². The molecule has 0 unspecified atom stereocenters. The SMILES string of the molecule is C[C@H](Cc1ccc(C(F)(F)F)cc1)C(=O)N1CCO[C@@H](CC(=O)O)C1. The number of hydrogen-bond acceptors (Lipinski definition) is 3. The number of carbonyl (C=O) groups excluding carboxylic acids is 1. The van der Waals surface area contributed by atoms with Gasteiger partial charge in [-0.2, -0.15) is 13.2 Å². The highest BCUT2D eigenvalue weighted by Crippen LogP contribution is 2.29. The van der Waals surface area contributed by atoms with E-state index in [1.165, 1.54) is 12.1 Å². The van der Waals surface area contributed by atoms with Crippen molar-refractivity contribution in [2.24, 2.45) is 5.92 Å². The Balaban J connectivity index is 1.94. The topological polar surface area (TPSA) is 66.8 Å². The summed E-state index contributed by atoms with van der Waals surface area (Å²) in [7, 11) is 0. The van der Waals surface area contributed by atoms with Crippen molar-refractivity contribution in [2.75, 3.05) is 19.7 Å². The van der Waals surface area contributed by atoms with Crippen LogP contribution in [0.25, 0.3) is 0 Å². The molecule has 1 aliphatic rings. The molecule has 1 fully saturated rings. The molecule has 0 aromatic heterocycles. The predicted molar refractivity (Wildman–Crippen MR) is 82.9 cm³/mol.